The fourth-order valence-electron chi connectivity index (χ4n) is 4.94. The summed E-state index contributed by atoms with van der Waals surface area (Å²) in [7, 11) is 0. The summed E-state index contributed by atoms with van der Waals surface area (Å²) >= 11 is 14.9. The van der Waals surface area contributed by atoms with Crippen molar-refractivity contribution < 1.29 is 19.4 Å². The summed E-state index contributed by atoms with van der Waals surface area (Å²) < 4.78 is 7.99. The van der Waals surface area contributed by atoms with Crippen molar-refractivity contribution in [2.24, 2.45) is 0 Å². The van der Waals surface area contributed by atoms with E-state index in [0.717, 1.165) is 16.9 Å². The van der Waals surface area contributed by atoms with Crippen molar-refractivity contribution in [2.45, 2.75) is 23.1 Å². The lowest BCUT2D eigenvalue weighted by Gasteiger charge is -2.23. The highest BCUT2D eigenvalue weighted by atomic mass is 35.5. The largest absolute Gasteiger partial charge is 0.505 e. The number of hydrogen-bond donors (Lipinski definition) is 1. The molecular formula is C31H23Cl2N5O4S2. The van der Waals surface area contributed by atoms with Crippen LogP contribution in [0.1, 0.15) is 28.6 Å². The summed E-state index contributed by atoms with van der Waals surface area (Å²) in [4.78, 5) is 33.2. The van der Waals surface area contributed by atoms with E-state index in [-0.39, 0.29) is 23.1 Å². The molecule has 0 bridgehead atoms. The van der Waals surface area contributed by atoms with Crippen molar-refractivity contribution >= 4 is 74.5 Å². The van der Waals surface area contributed by atoms with Gasteiger partial charge in [-0.25, -0.2) is 4.98 Å². The minimum absolute atomic E-state index is 0.0954. The summed E-state index contributed by atoms with van der Waals surface area (Å²) in [6, 6.07) is 16.6. The highest BCUT2D eigenvalue weighted by Gasteiger charge is 2.49. The lowest BCUT2D eigenvalue weighted by molar-refractivity contribution is -0.132. The zero-order chi connectivity index (χ0) is 31.0. The van der Waals surface area contributed by atoms with Gasteiger partial charge in [0.05, 0.1) is 17.3 Å². The Labute approximate surface area is 270 Å². The minimum atomic E-state index is -1.02. The van der Waals surface area contributed by atoms with Crippen molar-refractivity contribution in [3.8, 4) is 5.75 Å². The number of imidazole rings is 1. The normalized spacial score (nSPS) is 16.2. The van der Waals surface area contributed by atoms with Gasteiger partial charge in [0.15, 0.2) is 10.1 Å². The quantitative estimate of drug-likeness (QED) is 0.0437. The number of aliphatic hydroxyl groups is 1. The van der Waals surface area contributed by atoms with Crippen molar-refractivity contribution in [2.75, 3.05) is 11.5 Å². The summed E-state index contributed by atoms with van der Waals surface area (Å²) in [5.41, 5.74) is 2.70. The Morgan fingerprint density at radius 3 is 2.77 bits per heavy atom. The molecule has 0 radical (unpaired) electrons. The molecule has 1 aliphatic rings. The summed E-state index contributed by atoms with van der Waals surface area (Å²) in [6.07, 6.45) is 3.35. The number of carbonyl (C=O) groups is 2. The number of ether oxygens (including phenoxy) is 1. The predicted octanol–water partition coefficient (Wildman–Crippen LogP) is 7.28. The van der Waals surface area contributed by atoms with E-state index in [9.17, 15) is 14.7 Å². The van der Waals surface area contributed by atoms with Crippen LogP contribution in [0.3, 0.4) is 0 Å². The second kappa shape index (κ2) is 12.4. The van der Waals surface area contributed by atoms with E-state index in [1.54, 1.807) is 72.1 Å². The van der Waals surface area contributed by atoms with Crippen LogP contribution >= 0.6 is 46.3 Å². The van der Waals surface area contributed by atoms with Crippen molar-refractivity contribution in [1.29, 1.82) is 0 Å². The number of Topliss-reactive ketones (excluding diaryl/α,β-unsaturated/α-hetero) is 1. The van der Waals surface area contributed by atoms with Crippen LogP contribution in [-0.4, -0.2) is 43.0 Å². The van der Waals surface area contributed by atoms with Crippen molar-refractivity contribution in [3.63, 3.8) is 0 Å². The first-order valence-corrected chi connectivity index (χ1v) is 15.8. The van der Waals surface area contributed by atoms with Crippen LogP contribution in [0.2, 0.25) is 10.0 Å². The first-order chi connectivity index (χ1) is 21.3. The monoisotopic (exact) mass is 663 g/mol. The van der Waals surface area contributed by atoms with Crippen LogP contribution in [0.4, 0.5) is 5.13 Å². The smallest absolute Gasteiger partial charge is 0.301 e. The number of ketones is 1. The molecule has 1 unspecified atom stereocenters. The lowest BCUT2D eigenvalue weighted by atomic mass is 9.96. The number of carbonyl (C=O) groups excluding carboxylic acids is 2. The predicted molar refractivity (Wildman–Crippen MR) is 173 cm³/mol. The maximum absolute atomic E-state index is 13.7. The molecule has 13 heteroatoms. The van der Waals surface area contributed by atoms with E-state index in [1.165, 1.54) is 16.7 Å². The molecule has 1 N–H and O–H groups in total. The van der Waals surface area contributed by atoms with Gasteiger partial charge in [-0.15, -0.1) is 10.2 Å². The molecule has 1 aliphatic heterocycles. The van der Waals surface area contributed by atoms with E-state index < -0.39 is 17.7 Å². The third-order valence-electron chi connectivity index (χ3n) is 6.88. The van der Waals surface area contributed by atoms with Crippen molar-refractivity contribution in [1.82, 2.24) is 19.6 Å². The van der Waals surface area contributed by atoms with Crippen molar-refractivity contribution in [3.05, 3.63) is 118 Å². The van der Waals surface area contributed by atoms with E-state index in [4.69, 9.17) is 27.9 Å². The molecule has 6 rings (SSSR count). The van der Waals surface area contributed by atoms with Gasteiger partial charge in [0.2, 0.25) is 5.13 Å². The summed E-state index contributed by atoms with van der Waals surface area (Å²) in [5.74, 6) is -1.04. The number of rotatable bonds is 9. The minimum Gasteiger partial charge on any atom is -0.505 e. The number of fused-ring (bicyclic) bond motifs is 1. The number of thioether (sulfide) groups is 1. The molecule has 1 atom stereocenters. The Morgan fingerprint density at radius 1 is 1.14 bits per heavy atom. The number of aryl methyl sites for hydroxylation is 1. The highest BCUT2D eigenvalue weighted by Crippen LogP contribution is 2.45. The number of aliphatic hydroxyl groups excluding tert-OH is 1. The van der Waals surface area contributed by atoms with Crippen LogP contribution < -0.4 is 9.64 Å². The Balaban J connectivity index is 1.44. The Morgan fingerprint density at radius 2 is 1.98 bits per heavy atom. The second-order valence-corrected chi connectivity index (χ2v) is 12.7. The molecule has 5 aromatic rings. The van der Waals surface area contributed by atoms with Gasteiger partial charge in [0.25, 0.3) is 5.78 Å². The molecule has 9 nitrogen and oxygen atoms in total. The second-order valence-electron chi connectivity index (χ2n) is 9.69. The van der Waals surface area contributed by atoms with E-state index in [1.807, 2.05) is 12.1 Å². The topological polar surface area (TPSA) is 110 Å². The molecule has 222 valence electrons. The first kappa shape index (κ1) is 29.9. The zero-order valence-corrected chi connectivity index (χ0v) is 26.3. The van der Waals surface area contributed by atoms with E-state index >= 15 is 0 Å². The van der Waals surface area contributed by atoms with Gasteiger partial charge in [-0.05, 0) is 54.4 Å². The van der Waals surface area contributed by atoms with Crippen LogP contribution in [0.15, 0.2) is 89.4 Å². The molecule has 1 saturated heterocycles. The third-order valence-corrected chi connectivity index (χ3v) is 9.57. The first-order valence-electron chi connectivity index (χ1n) is 13.3. The van der Waals surface area contributed by atoms with E-state index in [2.05, 4.69) is 21.8 Å². The number of anilines is 1. The number of amides is 1. The van der Waals surface area contributed by atoms with Crippen LogP contribution in [0.25, 0.3) is 11.4 Å². The summed E-state index contributed by atoms with van der Waals surface area (Å²) in [6.45, 7) is 5.69. The van der Waals surface area contributed by atoms with E-state index in [0.29, 0.717) is 48.5 Å². The molecule has 0 saturated carbocycles. The van der Waals surface area contributed by atoms with Gasteiger partial charge in [-0.2, -0.15) is 0 Å². The summed E-state index contributed by atoms with van der Waals surface area (Å²) in [5, 5.41) is 21.6. The average Bonchev–Trinajstić information content (AvgIpc) is 3.69. The van der Waals surface area contributed by atoms with Crippen LogP contribution in [-0.2, 0) is 15.3 Å². The molecule has 3 aromatic heterocycles. The molecule has 4 heterocycles. The molecule has 2 aromatic carbocycles. The SMILES string of the molecule is C=CCOc1cccc(C2/C(=C(\O)c3c(C)nc4ccccn34)C(=O)C(=O)N2c2nnc(SCc3ccc(Cl)cc3Cl)s2)c1. The molecule has 1 fully saturated rings. The van der Waals surface area contributed by atoms with Crippen LogP contribution in [0.5, 0.6) is 5.75 Å². The Bertz CT molecular complexity index is 1970. The maximum atomic E-state index is 13.7. The fourth-order valence-corrected chi connectivity index (χ4v) is 7.36. The zero-order valence-electron chi connectivity index (χ0n) is 23.1. The Hall–Kier alpha value is -4.16. The average molecular weight is 665 g/mol. The standard InChI is InChI=1S/C31H23Cl2N5O4S2/c1-3-13-42-21-8-6-7-18(14-21)26-24(27(39)25-17(2)34-23-9-4-5-12-37(23)25)28(40)29(41)38(26)30-35-36-31(44-30)43-16-19-10-11-20(32)15-22(19)33/h3-12,14-15,26,39H,1,13,16H2,2H3/b27-24+. The molecule has 0 spiro atoms. The number of hydrogen-bond acceptors (Lipinski definition) is 9. The fraction of sp³-hybridized carbons (Fsp3) is 0.129. The number of nitrogens with zero attached hydrogens (tertiary/aromatic N) is 5. The molecule has 1 amide bonds. The number of pyridine rings is 1. The molecular weight excluding hydrogens is 641 g/mol. The van der Waals surface area contributed by atoms with Gasteiger partial charge in [0.1, 0.15) is 23.7 Å². The lowest BCUT2D eigenvalue weighted by Crippen LogP contribution is -2.29. The molecule has 44 heavy (non-hydrogen) atoms. The van der Waals surface area contributed by atoms with Gasteiger partial charge >= 0.3 is 5.91 Å². The number of benzene rings is 2. The van der Waals surface area contributed by atoms with Gasteiger partial charge in [-0.3, -0.25) is 18.9 Å². The van der Waals surface area contributed by atoms with Crippen LogP contribution in [0, 0.1) is 6.92 Å². The third kappa shape index (κ3) is 5.59. The van der Waals surface area contributed by atoms with Gasteiger partial charge in [-0.1, -0.05) is 83.2 Å². The number of aromatic nitrogens is 4. The van der Waals surface area contributed by atoms with Gasteiger partial charge in [0, 0.05) is 22.0 Å². The Kier molecular flexibility index (Phi) is 8.46. The van der Waals surface area contributed by atoms with Gasteiger partial charge < -0.3 is 9.84 Å². The molecule has 0 aliphatic carbocycles. The number of halogens is 2. The maximum Gasteiger partial charge on any atom is 0.301 e. The highest BCUT2D eigenvalue weighted by molar-refractivity contribution is 8.00.